The molecule has 3 rings (SSSR count). The number of pyridine rings is 1. The van der Waals surface area contributed by atoms with Gasteiger partial charge in [0, 0.05) is 19.3 Å². The molecule has 1 saturated heterocycles. The number of benzene rings is 1. The quantitative estimate of drug-likeness (QED) is 0.943. The molecule has 1 aromatic carbocycles. The van der Waals surface area contributed by atoms with Crippen LogP contribution in [0.5, 0.6) is 0 Å². The van der Waals surface area contributed by atoms with E-state index in [0.717, 1.165) is 31.5 Å². The van der Waals surface area contributed by atoms with Crippen LogP contribution in [0.1, 0.15) is 22.3 Å². The second-order valence-corrected chi connectivity index (χ2v) is 5.62. The molecule has 114 valence electrons. The summed E-state index contributed by atoms with van der Waals surface area (Å²) in [6.45, 7) is 1.57. The molecule has 1 unspecified atom stereocenters. The van der Waals surface area contributed by atoms with E-state index < -0.39 is 5.97 Å². The summed E-state index contributed by atoms with van der Waals surface area (Å²) >= 11 is 0. The Bertz CT molecular complexity index is 673. The van der Waals surface area contributed by atoms with Gasteiger partial charge in [-0.1, -0.05) is 12.1 Å². The maximum atomic E-state index is 13.8. The molecule has 1 atom stereocenters. The van der Waals surface area contributed by atoms with Gasteiger partial charge in [-0.05, 0) is 48.6 Å². The SMILES string of the molecule is O=C(O)c1ccc(CC2CCN(c3ncccc3F)C2)cc1. The van der Waals surface area contributed by atoms with Crippen molar-refractivity contribution in [2.75, 3.05) is 18.0 Å². The number of carboxylic acid groups (broad SMARTS) is 1. The fraction of sp³-hybridized carbons (Fsp3) is 0.294. The minimum absolute atomic E-state index is 0.283. The van der Waals surface area contributed by atoms with Crippen molar-refractivity contribution in [3.05, 3.63) is 59.5 Å². The Morgan fingerprint density at radius 3 is 2.77 bits per heavy atom. The average Bonchev–Trinajstić information content (AvgIpc) is 2.96. The molecule has 22 heavy (non-hydrogen) atoms. The number of carbonyl (C=O) groups is 1. The Morgan fingerprint density at radius 1 is 1.32 bits per heavy atom. The van der Waals surface area contributed by atoms with E-state index in [1.165, 1.54) is 6.07 Å². The summed E-state index contributed by atoms with van der Waals surface area (Å²) in [4.78, 5) is 16.9. The lowest BCUT2D eigenvalue weighted by Crippen LogP contribution is -2.22. The molecular weight excluding hydrogens is 283 g/mol. The molecular formula is C17H17FN2O2. The number of rotatable bonds is 4. The standard InChI is InChI=1S/C17H17FN2O2/c18-15-2-1-8-19-16(15)20-9-7-13(11-20)10-12-3-5-14(6-4-12)17(21)22/h1-6,8,13H,7,9-11H2,(H,21,22). The number of nitrogens with zero attached hydrogens (tertiary/aromatic N) is 2. The predicted molar refractivity (Wildman–Crippen MR) is 81.6 cm³/mol. The van der Waals surface area contributed by atoms with Crippen molar-refractivity contribution >= 4 is 11.8 Å². The zero-order valence-electron chi connectivity index (χ0n) is 12.1. The van der Waals surface area contributed by atoms with Crippen LogP contribution in [0.2, 0.25) is 0 Å². The third-order valence-corrected chi connectivity index (χ3v) is 4.05. The van der Waals surface area contributed by atoms with Crippen molar-refractivity contribution in [3.8, 4) is 0 Å². The van der Waals surface area contributed by atoms with E-state index in [1.54, 1.807) is 24.4 Å². The zero-order chi connectivity index (χ0) is 15.5. The normalized spacial score (nSPS) is 17.7. The molecule has 2 aromatic rings. The molecule has 2 heterocycles. The number of aromatic carboxylic acids is 1. The highest BCUT2D eigenvalue weighted by Crippen LogP contribution is 2.26. The molecule has 0 amide bonds. The Balaban J connectivity index is 1.63. The van der Waals surface area contributed by atoms with Gasteiger partial charge in [0.15, 0.2) is 11.6 Å². The first-order chi connectivity index (χ1) is 10.6. The molecule has 0 aliphatic carbocycles. The molecule has 0 spiro atoms. The van der Waals surface area contributed by atoms with Gasteiger partial charge in [0.25, 0.3) is 0 Å². The topological polar surface area (TPSA) is 53.4 Å². The van der Waals surface area contributed by atoms with E-state index in [-0.39, 0.29) is 5.82 Å². The highest BCUT2D eigenvalue weighted by molar-refractivity contribution is 5.87. The molecule has 0 bridgehead atoms. The van der Waals surface area contributed by atoms with E-state index in [1.807, 2.05) is 17.0 Å². The van der Waals surface area contributed by atoms with Gasteiger partial charge in [-0.25, -0.2) is 14.2 Å². The Labute approximate surface area is 128 Å². The van der Waals surface area contributed by atoms with Gasteiger partial charge in [-0.3, -0.25) is 0 Å². The molecule has 0 radical (unpaired) electrons. The summed E-state index contributed by atoms with van der Waals surface area (Å²) in [6, 6.07) is 9.99. The molecule has 1 fully saturated rings. The summed E-state index contributed by atoms with van der Waals surface area (Å²) < 4.78 is 13.8. The summed E-state index contributed by atoms with van der Waals surface area (Å²) in [5.74, 6) is -0.346. The zero-order valence-corrected chi connectivity index (χ0v) is 12.1. The first-order valence-electron chi connectivity index (χ1n) is 7.31. The van der Waals surface area contributed by atoms with Gasteiger partial charge in [0.1, 0.15) is 0 Å². The van der Waals surface area contributed by atoms with Crippen LogP contribution in [0.25, 0.3) is 0 Å². The summed E-state index contributed by atoms with van der Waals surface area (Å²) in [6.07, 6.45) is 3.46. The lowest BCUT2D eigenvalue weighted by atomic mass is 9.98. The van der Waals surface area contributed by atoms with Crippen LogP contribution in [-0.2, 0) is 6.42 Å². The van der Waals surface area contributed by atoms with E-state index in [0.29, 0.717) is 17.3 Å². The van der Waals surface area contributed by atoms with Crippen molar-refractivity contribution in [3.63, 3.8) is 0 Å². The highest BCUT2D eigenvalue weighted by atomic mass is 19.1. The van der Waals surface area contributed by atoms with Gasteiger partial charge < -0.3 is 10.0 Å². The van der Waals surface area contributed by atoms with Gasteiger partial charge in [-0.15, -0.1) is 0 Å². The number of halogens is 1. The lowest BCUT2D eigenvalue weighted by molar-refractivity contribution is 0.0697. The van der Waals surface area contributed by atoms with Crippen molar-refractivity contribution in [1.82, 2.24) is 4.98 Å². The van der Waals surface area contributed by atoms with Crippen LogP contribution >= 0.6 is 0 Å². The third-order valence-electron chi connectivity index (χ3n) is 4.05. The van der Waals surface area contributed by atoms with Crippen LogP contribution < -0.4 is 4.90 Å². The second-order valence-electron chi connectivity index (χ2n) is 5.62. The van der Waals surface area contributed by atoms with Crippen molar-refractivity contribution in [2.45, 2.75) is 12.8 Å². The fourth-order valence-corrected chi connectivity index (χ4v) is 2.92. The molecule has 5 heteroatoms. The minimum atomic E-state index is -0.913. The number of hydrogen-bond donors (Lipinski definition) is 1. The van der Waals surface area contributed by atoms with Crippen molar-refractivity contribution < 1.29 is 14.3 Å². The lowest BCUT2D eigenvalue weighted by Gasteiger charge is -2.18. The fourth-order valence-electron chi connectivity index (χ4n) is 2.92. The van der Waals surface area contributed by atoms with Gasteiger partial charge in [0.2, 0.25) is 0 Å². The van der Waals surface area contributed by atoms with Crippen molar-refractivity contribution in [2.24, 2.45) is 5.92 Å². The highest BCUT2D eigenvalue weighted by Gasteiger charge is 2.25. The third kappa shape index (κ3) is 3.08. The van der Waals surface area contributed by atoms with Crippen LogP contribution in [0, 0.1) is 11.7 Å². The predicted octanol–water partition coefficient (Wildman–Crippen LogP) is 2.99. The number of hydrogen-bond acceptors (Lipinski definition) is 3. The molecule has 4 nitrogen and oxygen atoms in total. The second kappa shape index (κ2) is 6.13. The first-order valence-corrected chi connectivity index (χ1v) is 7.31. The Morgan fingerprint density at radius 2 is 2.09 bits per heavy atom. The molecule has 1 N–H and O–H groups in total. The Kier molecular flexibility index (Phi) is 4.04. The van der Waals surface area contributed by atoms with E-state index in [4.69, 9.17) is 5.11 Å². The molecule has 1 aliphatic heterocycles. The smallest absolute Gasteiger partial charge is 0.335 e. The van der Waals surface area contributed by atoms with E-state index >= 15 is 0 Å². The van der Waals surface area contributed by atoms with Crippen LogP contribution in [-0.4, -0.2) is 29.1 Å². The molecule has 1 aliphatic rings. The minimum Gasteiger partial charge on any atom is -0.478 e. The van der Waals surface area contributed by atoms with Crippen molar-refractivity contribution in [1.29, 1.82) is 0 Å². The van der Waals surface area contributed by atoms with E-state index in [9.17, 15) is 9.18 Å². The van der Waals surface area contributed by atoms with Gasteiger partial charge in [0.05, 0.1) is 5.56 Å². The summed E-state index contributed by atoms with van der Waals surface area (Å²) in [7, 11) is 0. The summed E-state index contributed by atoms with van der Waals surface area (Å²) in [5, 5.41) is 8.90. The van der Waals surface area contributed by atoms with E-state index in [2.05, 4.69) is 4.98 Å². The maximum Gasteiger partial charge on any atom is 0.335 e. The average molecular weight is 300 g/mol. The molecule has 1 aromatic heterocycles. The number of aromatic nitrogens is 1. The molecule has 0 saturated carbocycles. The Hall–Kier alpha value is -2.43. The monoisotopic (exact) mass is 300 g/mol. The summed E-state index contributed by atoms with van der Waals surface area (Å²) in [5.41, 5.74) is 1.41. The van der Waals surface area contributed by atoms with Crippen LogP contribution in [0.3, 0.4) is 0 Å². The largest absolute Gasteiger partial charge is 0.478 e. The maximum absolute atomic E-state index is 13.8. The number of carboxylic acids is 1. The van der Waals surface area contributed by atoms with Gasteiger partial charge in [-0.2, -0.15) is 0 Å². The van der Waals surface area contributed by atoms with Gasteiger partial charge >= 0.3 is 5.97 Å². The van der Waals surface area contributed by atoms with Crippen LogP contribution in [0.15, 0.2) is 42.6 Å². The first kappa shape index (κ1) is 14.5. The number of anilines is 1. The van der Waals surface area contributed by atoms with Crippen LogP contribution in [0.4, 0.5) is 10.2 Å².